The molecule has 5 heteroatoms. The summed E-state index contributed by atoms with van der Waals surface area (Å²) in [6.45, 7) is 2.64. The van der Waals surface area contributed by atoms with Crippen LogP contribution < -0.4 is 10.6 Å². The van der Waals surface area contributed by atoms with Crippen molar-refractivity contribution in [3.63, 3.8) is 0 Å². The van der Waals surface area contributed by atoms with Gasteiger partial charge in [0, 0.05) is 25.1 Å². The Morgan fingerprint density at radius 1 is 1.44 bits per heavy atom. The summed E-state index contributed by atoms with van der Waals surface area (Å²) in [5.74, 6) is 0.642. The summed E-state index contributed by atoms with van der Waals surface area (Å²) in [6.07, 6.45) is 1.33. The third kappa shape index (κ3) is 3.07. The molecule has 0 unspecified atom stereocenters. The summed E-state index contributed by atoms with van der Waals surface area (Å²) in [5, 5.41) is 5.86. The van der Waals surface area contributed by atoms with Crippen molar-refractivity contribution in [3.8, 4) is 0 Å². The average molecular weight is 247 g/mol. The molecule has 5 nitrogen and oxygen atoms in total. The van der Waals surface area contributed by atoms with Gasteiger partial charge in [0.15, 0.2) is 11.5 Å². The Labute approximate surface area is 106 Å². The second-order valence-corrected chi connectivity index (χ2v) is 4.17. The monoisotopic (exact) mass is 247 g/mol. The van der Waals surface area contributed by atoms with Crippen molar-refractivity contribution in [1.29, 1.82) is 0 Å². The van der Waals surface area contributed by atoms with E-state index in [2.05, 4.69) is 15.6 Å². The van der Waals surface area contributed by atoms with Gasteiger partial charge in [-0.3, -0.25) is 4.79 Å². The van der Waals surface area contributed by atoms with Crippen LogP contribution in [-0.2, 0) is 4.79 Å². The fourth-order valence-electron chi connectivity index (χ4n) is 1.77. The second-order valence-electron chi connectivity index (χ2n) is 4.17. The normalized spacial score (nSPS) is 10.8. The molecule has 0 saturated carbocycles. The molecule has 0 bridgehead atoms. The van der Waals surface area contributed by atoms with Crippen LogP contribution in [-0.4, -0.2) is 24.5 Å². The number of aryl methyl sites for hydroxylation is 1. The summed E-state index contributed by atoms with van der Waals surface area (Å²) < 4.78 is 5.42. The van der Waals surface area contributed by atoms with Crippen LogP contribution in [0.5, 0.6) is 0 Å². The van der Waals surface area contributed by atoms with Gasteiger partial charge in [-0.15, -0.1) is 0 Å². The van der Waals surface area contributed by atoms with Crippen LogP contribution in [0.25, 0.3) is 11.1 Å². The predicted molar refractivity (Wildman–Crippen MR) is 70.5 cm³/mol. The number of carbonyl (C=O) groups is 1. The van der Waals surface area contributed by atoms with E-state index in [4.69, 9.17) is 4.42 Å². The van der Waals surface area contributed by atoms with Crippen LogP contribution in [0.15, 0.2) is 22.6 Å². The molecular formula is C13H17N3O2. The first-order valence-corrected chi connectivity index (χ1v) is 6.00. The van der Waals surface area contributed by atoms with E-state index >= 15 is 0 Å². The molecule has 0 fully saturated rings. The van der Waals surface area contributed by atoms with Crippen LogP contribution in [0, 0.1) is 6.92 Å². The molecule has 0 aliphatic carbocycles. The number of rotatable bonds is 5. The lowest BCUT2D eigenvalue weighted by Gasteiger charge is -2.04. The molecule has 96 valence electrons. The highest BCUT2D eigenvalue weighted by atomic mass is 16.3. The van der Waals surface area contributed by atoms with Gasteiger partial charge in [-0.05, 0) is 32.1 Å². The van der Waals surface area contributed by atoms with Crippen molar-refractivity contribution >= 4 is 22.7 Å². The Kier molecular flexibility index (Phi) is 3.94. The molecule has 1 amide bonds. The number of oxazole rings is 1. The molecule has 2 aromatic rings. The fraction of sp³-hybridized carbons (Fsp3) is 0.385. The standard InChI is InChI=1S/C13H17N3O2/c1-9-15-11-6-5-10(8-12(11)18-9)16-13(17)4-3-7-14-2/h5-6,8,14H,3-4,7H2,1-2H3,(H,16,17). The molecule has 0 saturated heterocycles. The van der Waals surface area contributed by atoms with Crippen molar-refractivity contribution < 1.29 is 9.21 Å². The quantitative estimate of drug-likeness (QED) is 0.794. The number of aromatic nitrogens is 1. The van der Waals surface area contributed by atoms with Gasteiger partial charge < -0.3 is 15.1 Å². The third-order valence-electron chi connectivity index (χ3n) is 2.61. The maximum Gasteiger partial charge on any atom is 0.224 e. The highest BCUT2D eigenvalue weighted by Crippen LogP contribution is 2.19. The first-order chi connectivity index (χ1) is 8.69. The summed E-state index contributed by atoms with van der Waals surface area (Å²) in [5.41, 5.74) is 2.24. The van der Waals surface area contributed by atoms with Gasteiger partial charge in [-0.2, -0.15) is 0 Å². The van der Waals surface area contributed by atoms with Crippen LogP contribution in [0.4, 0.5) is 5.69 Å². The first kappa shape index (κ1) is 12.6. The molecule has 1 aromatic carbocycles. The number of fused-ring (bicyclic) bond motifs is 1. The Morgan fingerprint density at radius 2 is 2.28 bits per heavy atom. The minimum Gasteiger partial charge on any atom is -0.441 e. The number of nitrogens with zero attached hydrogens (tertiary/aromatic N) is 1. The minimum atomic E-state index is 0.0147. The van der Waals surface area contributed by atoms with E-state index in [-0.39, 0.29) is 5.91 Å². The highest BCUT2D eigenvalue weighted by molar-refractivity contribution is 5.92. The van der Waals surface area contributed by atoms with Gasteiger partial charge in [0.1, 0.15) is 5.52 Å². The molecule has 0 spiro atoms. The zero-order chi connectivity index (χ0) is 13.0. The van der Waals surface area contributed by atoms with Crippen LogP contribution in [0.2, 0.25) is 0 Å². The van der Waals surface area contributed by atoms with E-state index in [1.165, 1.54) is 0 Å². The molecule has 0 aliphatic heterocycles. The summed E-state index contributed by atoms with van der Waals surface area (Å²) in [6, 6.07) is 5.47. The molecule has 0 atom stereocenters. The predicted octanol–water partition coefficient (Wildman–Crippen LogP) is 2.07. The number of carbonyl (C=O) groups excluding carboxylic acids is 1. The minimum absolute atomic E-state index is 0.0147. The Morgan fingerprint density at radius 3 is 3.06 bits per heavy atom. The number of amides is 1. The molecule has 18 heavy (non-hydrogen) atoms. The van der Waals surface area contributed by atoms with Gasteiger partial charge in [-0.25, -0.2) is 4.98 Å². The van der Waals surface area contributed by atoms with Gasteiger partial charge in [0.2, 0.25) is 5.91 Å². The largest absolute Gasteiger partial charge is 0.441 e. The maximum atomic E-state index is 11.6. The van der Waals surface area contributed by atoms with Gasteiger partial charge in [-0.1, -0.05) is 0 Å². The zero-order valence-corrected chi connectivity index (χ0v) is 10.6. The topological polar surface area (TPSA) is 67.2 Å². The molecule has 2 rings (SSSR count). The lowest BCUT2D eigenvalue weighted by molar-refractivity contribution is -0.116. The van der Waals surface area contributed by atoms with Crippen LogP contribution in [0.3, 0.4) is 0 Å². The second kappa shape index (κ2) is 5.64. The van der Waals surface area contributed by atoms with Crippen molar-refractivity contribution in [2.45, 2.75) is 19.8 Å². The molecule has 2 N–H and O–H groups in total. The Balaban J connectivity index is 2.00. The summed E-state index contributed by atoms with van der Waals surface area (Å²) >= 11 is 0. The number of hydrogen-bond acceptors (Lipinski definition) is 4. The molecule has 0 radical (unpaired) electrons. The number of benzene rings is 1. The number of hydrogen-bond donors (Lipinski definition) is 2. The van der Waals surface area contributed by atoms with Crippen molar-refractivity contribution in [2.24, 2.45) is 0 Å². The van der Waals surface area contributed by atoms with E-state index in [1.807, 2.05) is 19.2 Å². The Hall–Kier alpha value is -1.88. The average Bonchev–Trinajstić information content (AvgIpc) is 2.69. The van der Waals surface area contributed by atoms with E-state index in [0.29, 0.717) is 17.9 Å². The summed E-state index contributed by atoms with van der Waals surface area (Å²) in [4.78, 5) is 15.8. The van der Waals surface area contributed by atoms with Crippen LogP contribution >= 0.6 is 0 Å². The van der Waals surface area contributed by atoms with Gasteiger partial charge in [0.05, 0.1) is 0 Å². The molecule has 1 heterocycles. The third-order valence-corrected chi connectivity index (χ3v) is 2.61. The maximum absolute atomic E-state index is 11.6. The fourth-order valence-corrected chi connectivity index (χ4v) is 1.77. The summed E-state index contributed by atoms with van der Waals surface area (Å²) in [7, 11) is 1.87. The molecule has 1 aromatic heterocycles. The molecular weight excluding hydrogens is 230 g/mol. The van der Waals surface area contributed by atoms with E-state index in [9.17, 15) is 4.79 Å². The van der Waals surface area contributed by atoms with Crippen molar-refractivity contribution in [3.05, 3.63) is 24.1 Å². The smallest absolute Gasteiger partial charge is 0.224 e. The number of nitrogens with one attached hydrogen (secondary N) is 2. The van der Waals surface area contributed by atoms with Crippen LogP contribution in [0.1, 0.15) is 18.7 Å². The van der Waals surface area contributed by atoms with E-state index < -0.39 is 0 Å². The first-order valence-electron chi connectivity index (χ1n) is 6.00. The highest BCUT2D eigenvalue weighted by Gasteiger charge is 2.06. The van der Waals surface area contributed by atoms with Gasteiger partial charge in [0.25, 0.3) is 0 Å². The number of anilines is 1. The van der Waals surface area contributed by atoms with Gasteiger partial charge >= 0.3 is 0 Å². The lowest BCUT2D eigenvalue weighted by Crippen LogP contribution is -2.15. The zero-order valence-electron chi connectivity index (χ0n) is 10.6. The SMILES string of the molecule is CNCCCC(=O)Nc1ccc2nc(C)oc2c1. The van der Waals surface area contributed by atoms with Crippen molar-refractivity contribution in [1.82, 2.24) is 10.3 Å². The van der Waals surface area contributed by atoms with E-state index in [0.717, 1.165) is 24.2 Å². The molecule has 0 aliphatic rings. The van der Waals surface area contributed by atoms with E-state index in [1.54, 1.807) is 13.0 Å². The van der Waals surface area contributed by atoms with Crippen molar-refractivity contribution in [2.75, 3.05) is 18.9 Å². The lowest BCUT2D eigenvalue weighted by atomic mass is 10.2. The Bertz CT molecular complexity index is 548.